The lowest BCUT2D eigenvalue weighted by atomic mass is 9.45. The molecule has 0 aromatic rings. The Hall–Kier alpha value is -0.0800. The van der Waals surface area contributed by atoms with E-state index in [4.69, 9.17) is 0 Å². The van der Waals surface area contributed by atoms with E-state index in [-0.39, 0.29) is 17.6 Å². The van der Waals surface area contributed by atoms with Crippen LogP contribution in [0.5, 0.6) is 0 Å². The van der Waals surface area contributed by atoms with Crippen molar-refractivity contribution in [2.45, 2.75) is 83.8 Å². The van der Waals surface area contributed by atoms with Gasteiger partial charge in [-0.05, 0) is 92.3 Å². The average Bonchev–Trinajstić information content (AvgIpc) is 2.76. The monoisotopic (exact) mass is 292 g/mol. The minimum atomic E-state index is -0.0536. The van der Waals surface area contributed by atoms with Gasteiger partial charge in [-0.25, -0.2) is 0 Å². The quantitative estimate of drug-likeness (QED) is 0.714. The Balaban J connectivity index is 1.62. The van der Waals surface area contributed by atoms with Gasteiger partial charge in [-0.3, -0.25) is 0 Å². The third kappa shape index (κ3) is 1.91. The highest BCUT2D eigenvalue weighted by Crippen LogP contribution is 2.66. The molecule has 4 rings (SSSR count). The summed E-state index contributed by atoms with van der Waals surface area (Å²) in [5.41, 5.74) is 0.676. The standard InChI is InChI=1S/C19H32O2/c1-18-9-7-13(20)11-12(18)3-4-14-15-5-6-17(21)19(15,2)10-8-16(14)18/h12-17,20-21H,3-11H2,1-2H3/t12-,13+,14-,15+,16-,17-,18-,19+/m0/s1. The Morgan fingerprint density at radius 2 is 1.48 bits per heavy atom. The maximum Gasteiger partial charge on any atom is 0.0596 e. The Morgan fingerprint density at radius 3 is 2.29 bits per heavy atom. The molecule has 0 radical (unpaired) electrons. The second-order valence-corrected chi connectivity index (χ2v) is 9.22. The van der Waals surface area contributed by atoms with Gasteiger partial charge in [-0.15, -0.1) is 0 Å². The van der Waals surface area contributed by atoms with E-state index in [9.17, 15) is 10.2 Å². The first-order valence-electron chi connectivity index (χ1n) is 9.31. The molecule has 2 N–H and O–H groups in total. The van der Waals surface area contributed by atoms with Crippen LogP contribution in [0.25, 0.3) is 0 Å². The van der Waals surface area contributed by atoms with Gasteiger partial charge < -0.3 is 10.2 Å². The van der Waals surface area contributed by atoms with Crippen molar-refractivity contribution < 1.29 is 10.2 Å². The lowest BCUT2D eigenvalue weighted by Gasteiger charge is -2.60. The van der Waals surface area contributed by atoms with Crippen LogP contribution in [0.4, 0.5) is 0 Å². The third-order valence-corrected chi connectivity index (χ3v) is 8.59. The Labute approximate surface area is 129 Å². The summed E-state index contributed by atoms with van der Waals surface area (Å²) in [5, 5.41) is 20.5. The second-order valence-electron chi connectivity index (χ2n) is 9.22. The molecule has 0 bridgehead atoms. The highest BCUT2D eigenvalue weighted by molar-refractivity contribution is 5.09. The largest absolute Gasteiger partial charge is 0.393 e. The summed E-state index contributed by atoms with van der Waals surface area (Å²) in [7, 11) is 0. The van der Waals surface area contributed by atoms with Gasteiger partial charge in [0, 0.05) is 0 Å². The lowest BCUT2D eigenvalue weighted by molar-refractivity contribution is -0.133. The molecule has 0 aliphatic heterocycles. The summed E-state index contributed by atoms with van der Waals surface area (Å²) in [4.78, 5) is 0. The molecule has 4 fully saturated rings. The van der Waals surface area contributed by atoms with E-state index < -0.39 is 0 Å². The molecular formula is C19H32O2. The number of rotatable bonds is 0. The third-order valence-electron chi connectivity index (χ3n) is 8.59. The summed E-state index contributed by atoms with van der Waals surface area (Å²) in [5.74, 6) is 3.21. The van der Waals surface area contributed by atoms with E-state index in [0.29, 0.717) is 5.41 Å². The molecule has 8 atom stereocenters. The van der Waals surface area contributed by atoms with Crippen LogP contribution in [0.3, 0.4) is 0 Å². The fourth-order valence-corrected chi connectivity index (χ4v) is 7.21. The van der Waals surface area contributed by atoms with Crippen molar-refractivity contribution in [2.75, 3.05) is 0 Å². The van der Waals surface area contributed by atoms with Crippen molar-refractivity contribution >= 4 is 0 Å². The van der Waals surface area contributed by atoms with Crippen molar-refractivity contribution in [1.29, 1.82) is 0 Å². The molecule has 21 heavy (non-hydrogen) atoms. The maximum atomic E-state index is 10.5. The zero-order chi connectivity index (χ0) is 14.8. The summed E-state index contributed by atoms with van der Waals surface area (Å²) in [6.45, 7) is 4.90. The molecule has 0 unspecified atom stereocenters. The fourth-order valence-electron chi connectivity index (χ4n) is 7.21. The summed E-state index contributed by atoms with van der Waals surface area (Å²) in [6.07, 6.45) is 10.7. The predicted octanol–water partition coefficient (Wildman–Crippen LogP) is 3.75. The van der Waals surface area contributed by atoms with Gasteiger partial charge in [0.25, 0.3) is 0 Å². The van der Waals surface area contributed by atoms with Crippen molar-refractivity contribution in [3.63, 3.8) is 0 Å². The SMILES string of the molecule is C[C@]12CC[C@@H](O)C[C@@H]1CC[C@H]1[C@H]3CC[C@H](O)[C@]3(C)CC[C@@H]12. The second kappa shape index (κ2) is 4.71. The van der Waals surface area contributed by atoms with Crippen molar-refractivity contribution in [3.05, 3.63) is 0 Å². The Bertz CT molecular complexity index is 422. The average molecular weight is 292 g/mol. The Morgan fingerprint density at radius 1 is 0.762 bits per heavy atom. The van der Waals surface area contributed by atoms with Gasteiger partial charge in [0.15, 0.2) is 0 Å². The summed E-state index contributed by atoms with van der Waals surface area (Å²) >= 11 is 0. The fraction of sp³-hybridized carbons (Fsp3) is 1.00. The maximum absolute atomic E-state index is 10.5. The normalized spacial score (nSPS) is 60.0. The van der Waals surface area contributed by atoms with Crippen LogP contribution in [-0.2, 0) is 0 Å². The van der Waals surface area contributed by atoms with Crippen molar-refractivity contribution in [3.8, 4) is 0 Å². The van der Waals surface area contributed by atoms with Crippen LogP contribution < -0.4 is 0 Å². The first-order valence-corrected chi connectivity index (χ1v) is 9.31. The molecule has 0 saturated heterocycles. The van der Waals surface area contributed by atoms with E-state index in [2.05, 4.69) is 13.8 Å². The van der Waals surface area contributed by atoms with Crippen LogP contribution >= 0.6 is 0 Å². The molecule has 0 aromatic carbocycles. The van der Waals surface area contributed by atoms with Gasteiger partial charge in [-0.1, -0.05) is 13.8 Å². The number of aliphatic hydroxyl groups is 2. The number of fused-ring (bicyclic) bond motifs is 5. The van der Waals surface area contributed by atoms with Gasteiger partial charge >= 0.3 is 0 Å². The first kappa shape index (κ1) is 14.5. The molecule has 0 aromatic heterocycles. The molecule has 0 amide bonds. The summed E-state index contributed by atoms with van der Waals surface area (Å²) in [6, 6.07) is 0. The molecule has 4 aliphatic rings. The molecule has 0 heterocycles. The molecule has 120 valence electrons. The molecule has 2 nitrogen and oxygen atoms in total. The van der Waals surface area contributed by atoms with Crippen LogP contribution in [-0.4, -0.2) is 22.4 Å². The van der Waals surface area contributed by atoms with Crippen molar-refractivity contribution in [2.24, 2.45) is 34.5 Å². The zero-order valence-corrected chi connectivity index (χ0v) is 13.7. The van der Waals surface area contributed by atoms with Crippen LogP contribution in [0.2, 0.25) is 0 Å². The molecule has 4 saturated carbocycles. The molecule has 0 spiro atoms. The van der Waals surface area contributed by atoms with Crippen LogP contribution in [0.1, 0.15) is 71.6 Å². The highest BCUT2D eigenvalue weighted by Gasteiger charge is 2.59. The summed E-state index contributed by atoms with van der Waals surface area (Å²) < 4.78 is 0. The molecular weight excluding hydrogens is 260 g/mol. The van der Waals surface area contributed by atoms with Crippen LogP contribution in [0, 0.1) is 34.5 Å². The van der Waals surface area contributed by atoms with E-state index in [1.54, 1.807) is 0 Å². The van der Waals surface area contributed by atoms with Crippen molar-refractivity contribution in [1.82, 2.24) is 0 Å². The highest BCUT2D eigenvalue weighted by atomic mass is 16.3. The van der Waals surface area contributed by atoms with Gasteiger partial charge in [0.2, 0.25) is 0 Å². The van der Waals surface area contributed by atoms with E-state index in [0.717, 1.165) is 42.9 Å². The number of aliphatic hydroxyl groups excluding tert-OH is 2. The Kier molecular flexibility index (Phi) is 3.25. The van der Waals surface area contributed by atoms with E-state index >= 15 is 0 Å². The minimum Gasteiger partial charge on any atom is -0.393 e. The van der Waals surface area contributed by atoms with E-state index in [1.807, 2.05) is 0 Å². The molecule has 4 aliphatic carbocycles. The van der Waals surface area contributed by atoms with Gasteiger partial charge in [-0.2, -0.15) is 0 Å². The zero-order valence-electron chi connectivity index (χ0n) is 13.7. The van der Waals surface area contributed by atoms with Gasteiger partial charge in [0.1, 0.15) is 0 Å². The first-order chi connectivity index (χ1) is 9.95. The molecule has 2 heteroatoms. The predicted molar refractivity (Wildman–Crippen MR) is 83.7 cm³/mol. The number of hydrogen-bond acceptors (Lipinski definition) is 2. The van der Waals surface area contributed by atoms with Crippen LogP contribution in [0.15, 0.2) is 0 Å². The smallest absolute Gasteiger partial charge is 0.0596 e. The lowest BCUT2D eigenvalue weighted by Crippen LogP contribution is -2.54. The van der Waals surface area contributed by atoms with E-state index in [1.165, 1.54) is 38.5 Å². The topological polar surface area (TPSA) is 40.5 Å². The van der Waals surface area contributed by atoms with Gasteiger partial charge in [0.05, 0.1) is 12.2 Å². The number of hydrogen-bond donors (Lipinski definition) is 2. The minimum absolute atomic E-state index is 0.0400.